The van der Waals surface area contributed by atoms with Gasteiger partial charge in [0.25, 0.3) is 0 Å². The molecule has 0 aromatic rings. The first-order valence-electron chi connectivity index (χ1n) is 5.41. The molecule has 0 spiro atoms. The Morgan fingerprint density at radius 1 is 1.40 bits per heavy atom. The normalized spacial score (nSPS) is 19.6. The smallest absolute Gasteiger partial charge is 0.222 e. The van der Waals surface area contributed by atoms with E-state index in [0.717, 1.165) is 30.2 Å². The van der Waals surface area contributed by atoms with E-state index in [0.29, 0.717) is 13.0 Å². The fourth-order valence-electron chi connectivity index (χ4n) is 2.01. The van der Waals surface area contributed by atoms with Crippen molar-refractivity contribution in [1.29, 1.82) is 0 Å². The molecule has 1 aliphatic carbocycles. The van der Waals surface area contributed by atoms with E-state index < -0.39 is 0 Å². The molecule has 0 bridgehead atoms. The van der Waals surface area contributed by atoms with Crippen molar-refractivity contribution in [2.75, 3.05) is 6.54 Å². The van der Waals surface area contributed by atoms with Crippen LogP contribution in [0.25, 0.3) is 0 Å². The molecule has 86 valence electrons. The molecule has 1 aliphatic rings. The second-order valence-corrected chi connectivity index (χ2v) is 5.52. The monoisotopic (exact) mass is 274 g/mol. The van der Waals surface area contributed by atoms with Crippen molar-refractivity contribution in [3.05, 3.63) is 11.1 Å². The highest BCUT2D eigenvalue weighted by atomic mass is 79.9. The van der Waals surface area contributed by atoms with Crippen molar-refractivity contribution < 1.29 is 4.79 Å². The Bertz CT molecular complexity index is 247. The number of halogens is 1. The summed E-state index contributed by atoms with van der Waals surface area (Å²) in [6.45, 7) is 4.14. The largest absolute Gasteiger partial charge is 0.351 e. The van der Waals surface area contributed by atoms with E-state index in [-0.39, 0.29) is 11.4 Å². The first kappa shape index (κ1) is 12.7. The summed E-state index contributed by atoms with van der Waals surface area (Å²) in [5, 5.41) is 2.79. The first-order valence-corrected chi connectivity index (χ1v) is 6.20. The third-order valence-corrected chi connectivity index (χ3v) is 3.12. The molecule has 0 heterocycles. The summed E-state index contributed by atoms with van der Waals surface area (Å²) in [4.78, 5) is 11.6. The van der Waals surface area contributed by atoms with E-state index >= 15 is 0 Å². The van der Waals surface area contributed by atoms with Crippen molar-refractivity contribution in [2.45, 2.75) is 44.1 Å². The molecule has 0 saturated heterocycles. The van der Waals surface area contributed by atoms with E-state index in [9.17, 15) is 4.79 Å². The van der Waals surface area contributed by atoms with Gasteiger partial charge in [0.15, 0.2) is 0 Å². The van der Waals surface area contributed by atoms with Crippen LogP contribution in [0.5, 0.6) is 0 Å². The summed E-state index contributed by atoms with van der Waals surface area (Å²) in [6, 6.07) is 0. The van der Waals surface area contributed by atoms with Crippen molar-refractivity contribution in [2.24, 2.45) is 5.73 Å². The Kier molecular flexibility index (Phi) is 4.80. The molecular weight excluding hydrogens is 256 g/mol. The van der Waals surface area contributed by atoms with E-state index in [2.05, 4.69) is 27.8 Å². The molecular formula is C11H19BrN2O. The number of hydrogen-bond donors (Lipinski definition) is 2. The molecule has 3 N–H and O–H groups in total. The lowest BCUT2D eigenvalue weighted by Crippen LogP contribution is -2.46. The van der Waals surface area contributed by atoms with Crippen LogP contribution in [0.4, 0.5) is 0 Å². The van der Waals surface area contributed by atoms with E-state index in [1.165, 1.54) is 6.42 Å². The maximum atomic E-state index is 11.6. The minimum Gasteiger partial charge on any atom is -0.351 e. The van der Waals surface area contributed by atoms with E-state index in [1.54, 1.807) is 0 Å². The molecule has 1 fully saturated rings. The summed E-state index contributed by atoms with van der Waals surface area (Å²) in [7, 11) is 0. The third kappa shape index (κ3) is 4.80. The zero-order chi connectivity index (χ0) is 11.3. The fraction of sp³-hybridized carbons (Fsp3) is 0.727. The maximum absolute atomic E-state index is 11.6. The molecule has 4 heteroatoms. The van der Waals surface area contributed by atoms with Gasteiger partial charge in [0.2, 0.25) is 5.91 Å². The lowest BCUT2D eigenvalue weighted by Gasteiger charge is -2.32. The average Bonchev–Trinajstić information content (AvgIpc) is 2.15. The van der Waals surface area contributed by atoms with Crippen LogP contribution in [-0.4, -0.2) is 18.0 Å². The fourth-order valence-corrected chi connectivity index (χ4v) is 2.15. The van der Waals surface area contributed by atoms with Gasteiger partial charge in [-0.15, -0.1) is 0 Å². The number of amides is 1. The molecule has 0 radical (unpaired) electrons. The van der Waals surface area contributed by atoms with Gasteiger partial charge < -0.3 is 11.1 Å². The lowest BCUT2D eigenvalue weighted by atomic mass is 9.80. The molecule has 1 rings (SSSR count). The van der Waals surface area contributed by atoms with Crippen molar-refractivity contribution in [3.8, 4) is 0 Å². The summed E-state index contributed by atoms with van der Waals surface area (Å²) in [5.74, 6) is 0.0278. The molecule has 0 atom stereocenters. The van der Waals surface area contributed by atoms with Crippen LogP contribution in [0.15, 0.2) is 11.1 Å². The van der Waals surface area contributed by atoms with Crippen LogP contribution in [0.2, 0.25) is 0 Å². The second-order valence-electron chi connectivity index (χ2n) is 4.39. The average molecular weight is 275 g/mol. The number of rotatable bonds is 4. The molecule has 3 nitrogen and oxygen atoms in total. The Balaban J connectivity index is 2.32. The van der Waals surface area contributed by atoms with Crippen molar-refractivity contribution in [1.82, 2.24) is 5.32 Å². The van der Waals surface area contributed by atoms with Gasteiger partial charge in [0, 0.05) is 23.0 Å². The highest BCUT2D eigenvalue weighted by Gasteiger charge is 2.29. The van der Waals surface area contributed by atoms with Crippen molar-refractivity contribution >= 4 is 21.8 Å². The Hall–Kier alpha value is -0.350. The number of hydrogen-bond acceptors (Lipinski definition) is 2. The Morgan fingerprint density at radius 2 is 2.00 bits per heavy atom. The van der Waals surface area contributed by atoms with Gasteiger partial charge in [-0.2, -0.15) is 0 Å². The van der Waals surface area contributed by atoms with Crippen LogP contribution in [0.3, 0.4) is 0 Å². The Labute approximate surface area is 99.6 Å². The van der Waals surface area contributed by atoms with Gasteiger partial charge in [0.05, 0.1) is 0 Å². The lowest BCUT2D eigenvalue weighted by molar-refractivity contribution is -0.122. The van der Waals surface area contributed by atoms with E-state index in [1.807, 2.05) is 0 Å². The summed E-state index contributed by atoms with van der Waals surface area (Å²) in [6.07, 6.45) is 5.92. The number of carbonyl (C=O) groups excluding carboxylic acids is 1. The molecule has 0 aliphatic heterocycles. The quantitative estimate of drug-likeness (QED) is 0.825. The highest BCUT2D eigenvalue weighted by Crippen LogP contribution is 2.28. The number of nitrogens with one attached hydrogen (secondary N) is 1. The van der Waals surface area contributed by atoms with Gasteiger partial charge in [-0.3, -0.25) is 4.79 Å². The first-order chi connectivity index (χ1) is 7.02. The number of nitrogens with two attached hydrogens (primary N) is 1. The molecule has 1 saturated carbocycles. The van der Waals surface area contributed by atoms with E-state index in [4.69, 9.17) is 5.73 Å². The Morgan fingerprint density at radius 3 is 2.53 bits per heavy atom. The van der Waals surface area contributed by atoms with Crippen LogP contribution in [0, 0.1) is 0 Å². The zero-order valence-electron chi connectivity index (χ0n) is 9.02. The highest BCUT2D eigenvalue weighted by molar-refractivity contribution is 9.11. The number of carbonyl (C=O) groups is 1. The molecule has 0 aromatic carbocycles. The molecule has 0 unspecified atom stereocenters. The van der Waals surface area contributed by atoms with Crippen LogP contribution in [0.1, 0.15) is 38.5 Å². The predicted octanol–water partition coefficient (Wildman–Crippen LogP) is 2.06. The van der Waals surface area contributed by atoms with Gasteiger partial charge in [0.1, 0.15) is 0 Å². The minimum atomic E-state index is -0.268. The molecule has 1 amide bonds. The van der Waals surface area contributed by atoms with Gasteiger partial charge >= 0.3 is 0 Å². The topological polar surface area (TPSA) is 55.1 Å². The van der Waals surface area contributed by atoms with Crippen molar-refractivity contribution in [3.63, 3.8) is 0 Å². The minimum absolute atomic E-state index is 0.0278. The van der Waals surface area contributed by atoms with Gasteiger partial charge in [-0.25, -0.2) is 0 Å². The SMILES string of the molecule is C=C(Br)CNC(=O)CC1(N)CCCCC1. The van der Waals surface area contributed by atoms with Gasteiger partial charge in [-0.1, -0.05) is 41.8 Å². The zero-order valence-corrected chi connectivity index (χ0v) is 10.6. The maximum Gasteiger partial charge on any atom is 0.222 e. The summed E-state index contributed by atoms with van der Waals surface area (Å²) < 4.78 is 0.783. The summed E-state index contributed by atoms with van der Waals surface area (Å²) in [5.41, 5.74) is 5.90. The summed E-state index contributed by atoms with van der Waals surface area (Å²) >= 11 is 3.20. The van der Waals surface area contributed by atoms with Gasteiger partial charge in [-0.05, 0) is 12.8 Å². The van der Waals surface area contributed by atoms with Crippen LogP contribution in [-0.2, 0) is 4.79 Å². The molecule has 0 aromatic heterocycles. The standard InChI is InChI=1S/C11H19BrN2O/c1-9(12)8-14-10(15)7-11(13)5-3-2-4-6-11/h1-8,13H2,(H,14,15). The third-order valence-electron chi connectivity index (χ3n) is 2.84. The molecule has 15 heavy (non-hydrogen) atoms. The predicted molar refractivity (Wildman–Crippen MR) is 65.7 cm³/mol. The van der Waals surface area contributed by atoms with Crippen LogP contribution >= 0.6 is 15.9 Å². The second kappa shape index (κ2) is 5.66. The van der Waals surface area contributed by atoms with Crippen LogP contribution < -0.4 is 11.1 Å².